The normalized spacial score (nSPS) is 23.5. The van der Waals surface area contributed by atoms with Gasteiger partial charge in [0, 0.05) is 84.7 Å². The molecule has 0 aliphatic carbocycles. The smallest absolute Gasteiger partial charge is 0.246 e. The maximum absolute atomic E-state index is 15.3. The van der Waals surface area contributed by atoms with E-state index in [-0.39, 0.29) is 54.8 Å². The molecule has 11 atom stereocenters. The van der Waals surface area contributed by atoms with Crippen molar-refractivity contribution in [3.63, 3.8) is 0 Å². The van der Waals surface area contributed by atoms with E-state index < -0.39 is 181 Å². The topological polar surface area (TPSA) is 461 Å². The number of methoxy groups -OCH3 is 1. The molecule has 2 aromatic rings. The number of unbranched alkanes of at least 4 members (excludes halogenated alkanes) is 1. The molecule has 1 saturated heterocycles. The Morgan fingerprint density at radius 3 is 2.23 bits per heavy atom. The van der Waals surface area contributed by atoms with Crippen molar-refractivity contribution in [1.29, 1.82) is 0 Å². The fourth-order valence-electron chi connectivity index (χ4n) is 10.6. The number of aliphatic hydroxyl groups excluding tert-OH is 3. The maximum Gasteiger partial charge on any atom is 0.246 e. The number of carbonyl (C=O) groups excluding carboxylic acids is 10. The van der Waals surface area contributed by atoms with Crippen molar-refractivity contribution < 1.29 is 91.2 Å². The first-order valence-electron chi connectivity index (χ1n) is 30.4. The number of aliphatic hydroxyl groups is 3. The molecule has 0 spiro atoms. The van der Waals surface area contributed by atoms with E-state index in [4.69, 9.17) is 34.9 Å². The zero-order chi connectivity index (χ0) is 66.6. The van der Waals surface area contributed by atoms with Crippen molar-refractivity contribution in [3.05, 3.63) is 33.7 Å². The van der Waals surface area contributed by atoms with E-state index in [1.54, 1.807) is 26.0 Å². The molecule has 0 saturated carbocycles. The molecule has 1 aromatic carbocycles. The fraction of sp³-hybridized carbons (Fsp3) is 0.690. The summed E-state index contributed by atoms with van der Waals surface area (Å²) in [6.45, 7) is 5.32. The summed E-state index contributed by atoms with van der Waals surface area (Å²) in [6, 6.07) is -3.65. The van der Waals surface area contributed by atoms with Gasteiger partial charge in [0.25, 0.3) is 0 Å². The summed E-state index contributed by atoms with van der Waals surface area (Å²) < 4.78 is 42.8. The van der Waals surface area contributed by atoms with Crippen LogP contribution in [0.25, 0.3) is 21.3 Å². The lowest BCUT2D eigenvalue weighted by Crippen LogP contribution is -2.60. The molecule has 33 heteroatoms. The highest BCUT2D eigenvalue weighted by molar-refractivity contribution is 7.98. The number of nitrogens with two attached hydrogens (primary N) is 1. The molecule has 31 nitrogen and oxygen atoms in total. The largest absolute Gasteiger partial charge is 0.496 e. The molecular weight excluding hydrogens is 1230 g/mol. The Kier molecular flexibility index (Phi) is 32.0. The quantitative estimate of drug-likeness (QED) is 0.0183. The summed E-state index contributed by atoms with van der Waals surface area (Å²) in [5.74, 6) is -12.2. The number of nitrogens with one attached hydrogen (secondary N) is 7. The highest BCUT2D eigenvalue weighted by Crippen LogP contribution is 2.37. The van der Waals surface area contributed by atoms with Crippen LogP contribution in [-0.4, -0.2) is 235 Å². The summed E-state index contributed by atoms with van der Waals surface area (Å²) in [6.07, 6.45) is -3.92. The van der Waals surface area contributed by atoms with Crippen LogP contribution in [0.2, 0.25) is 0 Å². The summed E-state index contributed by atoms with van der Waals surface area (Å²) in [4.78, 5) is 147. The van der Waals surface area contributed by atoms with Gasteiger partial charge in [-0.3, -0.25) is 52.2 Å². The summed E-state index contributed by atoms with van der Waals surface area (Å²) >= 11 is 1.51. The van der Waals surface area contributed by atoms with E-state index in [0.717, 1.165) is 4.90 Å². The standard InChI is InChI=1S/C58H88N12O19S2/c1-5-33(2)39-24-36(72)27-62-53(79)35-22-40-38-8-9-47(85-4)41(31-90-21-7-6-11-61-49(77)10-13-86-15-17-88-19-20-89-18-16-87-14-12-64-69-60)52(38)68-57(40)91(84)32-43(65-50(78)28-63-54(39)80)55(81)66-42(26-48(59)76)58(83)70-29-37(73)25-44(70)56(82)67-51(45(74)23-35)34(3)46(75)30-71/h8-9,33-35,37,39,42-44,46,51,68,71,73,75H,5-7,10-32H2,1-4H3,(H2,59,76)(H,61,77)(H,62,79)(H,63,80)(H,65,78)(H,66,81)(H,67,82)/t33-,34-,35+,37+,39-,42-,43-,44-,46-,51-,91?/m0/s1. The van der Waals surface area contributed by atoms with Crippen molar-refractivity contribution in [2.24, 2.45) is 34.5 Å². The number of aromatic nitrogens is 1. The second kappa shape index (κ2) is 38.9. The van der Waals surface area contributed by atoms with Crippen molar-refractivity contribution in [1.82, 2.24) is 41.8 Å². The molecule has 1 aromatic heterocycles. The van der Waals surface area contributed by atoms with E-state index >= 15 is 4.21 Å². The van der Waals surface area contributed by atoms with Gasteiger partial charge in [0.15, 0.2) is 11.6 Å². The van der Waals surface area contributed by atoms with Gasteiger partial charge in [-0.15, -0.1) is 0 Å². The highest BCUT2D eigenvalue weighted by Gasteiger charge is 2.45. The minimum Gasteiger partial charge on any atom is -0.496 e. The Hall–Kier alpha value is -6.81. The van der Waals surface area contributed by atoms with Gasteiger partial charge in [-0.1, -0.05) is 32.3 Å². The fourth-order valence-corrected chi connectivity index (χ4v) is 13.0. The zero-order valence-electron chi connectivity index (χ0n) is 51.9. The van der Waals surface area contributed by atoms with E-state index in [2.05, 4.69) is 46.9 Å². The van der Waals surface area contributed by atoms with Gasteiger partial charge < -0.3 is 86.5 Å². The molecule has 1 fully saturated rings. The van der Waals surface area contributed by atoms with Crippen molar-refractivity contribution in [3.8, 4) is 5.75 Å². The molecule has 8 amide bonds. The Labute approximate surface area is 533 Å². The number of ether oxygens (including phenoxy) is 5. The van der Waals surface area contributed by atoms with Gasteiger partial charge in [0.05, 0.1) is 126 Å². The lowest BCUT2D eigenvalue weighted by Gasteiger charge is -2.32. The van der Waals surface area contributed by atoms with Crippen LogP contribution in [0, 0.1) is 23.7 Å². The number of H-pyrrole nitrogens is 1. The first-order valence-corrected chi connectivity index (χ1v) is 32.9. The van der Waals surface area contributed by atoms with E-state index in [9.17, 15) is 63.3 Å². The van der Waals surface area contributed by atoms with Crippen LogP contribution < -0.4 is 42.4 Å². The first kappa shape index (κ1) is 74.9. The third-order valence-electron chi connectivity index (χ3n) is 15.9. The molecule has 506 valence electrons. The molecule has 1 unspecified atom stereocenters. The predicted molar refractivity (Wildman–Crippen MR) is 330 cm³/mol. The van der Waals surface area contributed by atoms with Gasteiger partial charge in [-0.2, -0.15) is 11.8 Å². The molecule has 4 heterocycles. The number of hydrogen-bond acceptors (Lipinski definition) is 21. The van der Waals surface area contributed by atoms with Crippen LogP contribution in [0.1, 0.15) is 83.3 Å². The number of Topliss-reactive ketones (excluding diaryl/α,β-unsaturated/α-hetero) is 2. The number of benzene rings is 1. The predicted octanol–water partition coefficient (Wildman–Crippen LogP) is -1.54. The molecule has 12 N–H and O–H groups in total. The number of carbonyl (C=O) groups is 10. The van der Waals surface area contributed by atoms with Gasteiger partial charge in [0.2, 0.25) is 47.3 Å². The average molecular weight is 1320 g/mol. The van der Waals surface area contributed by atoms with Gasteiger partial charge >= 0.3 is 0 Å². The summed E-state index contributed by atoms with van der Waals surface area (Å²) in [5.41, 5.74) is 15.0. The van der Waals surface area contributed by atoms with Crippen molar-refractivity contribution >= 4 is 92.3 Å². The van der Waals surface area contributed by atoms with Gasteiger partial charge in [-0.25, -0.2) is 0 Å². The third kappa shape index (κ3) is 23.4. The number of hydrogen-bond donors (Lipinski definition) is 11. The SMILES string of the molecule is CC[C@H](C)[C@@H]1CC(=O)CNC(=O)[C@H]2CC(=O)[C@H]([C@@H](C)[C@@H](O)CO)NC(=O)[C@@H]3C[C@@H](O)CN3C(=O)[C@H](CC(N)=O)NC(=O)[C@H](CS(=O)c3[nH]c4c(CSCCCCNC(=O)CCOCCOCCOCCOCCN=[N+]=[N-])c(OC)ccc4c3C2)NC(=O)CNC1=O. The molecule has 91 heavy (non-hydrogen) atoms. The molecule has 0 radical (unpaired) electrons. The Morgan fingerprint density at radius 1 is 0.890 bits per heavy atom. The Balaban J connectivity index is 1.45. The number of rotatable bonds is 30. The van der Waals surface area contributed by atoms with Crippen molar-refractivity contribution in [2.75, 3.05) is 111 Å². The Bertz CT molecular complexity index is 2910. The number of amides is 8. The van der Waals surface area contributed by atoms with Crippen LogP contribution in [0.5, 0.6) is 5.75 Å². The lowest BCUT2D eigenvalue weighted by atomic mass is 9.85. The number of ketones is 2. The van der Waals surface area contributed by atoms with E-state index in [1.165, 1.54) is 25.8 Å². The Morgan fingerprint density at radius 2 is 1.57 bits per heavy atom. The number of primary amides is 1. The van der Waals surface area contributed by atoms with Crippen LogP contribution in [-0.2, 0) is 89.9 Å². The van der Waals surface area contributed by atoms with Gasteiger partial charge in [0.1, 0.15) is 28.9 Å². The second-order valence-electron chi connectivity index (χ2n) is 22.5. The van der Waals surface area contributed by atoms with E-state index in [1.807, 2.05) is 0 Å². The van der Waals surface area contributed by atoms with Gasteiger partial charge in [-0.05, 0) is 54.2 Å². The van der Waals surface area contributed by atoms with E-state index in [0.29, 0.717) is 93.4 Å². The molecule has 2 bridgehead atoms. The number of nitrogens with zero attached hydrogens (tertiary/aromatic N) is 4. The second-order valence-corrected chi connectivity index (χ2v) is 25.0. The van der Waals surface area contributed by atoms with Crippen molar-refractivity contribution in [2.45, 2.75) is 126 Å². The minimum atomic E-state index is -2.41. The summed E-state index contributed by atoms with van der Waals surface area (Å²) in [5, 5.41) is 51.2. The van der Waals surface area contributed by atoms with Crippen LogP contribution in [0.15, 0.2) is 22.3 Å². The summed E-state index contributed by atoms with van der Waals surface area (Å²) in [7, 11) is -0.959. The van der Waals surface area contributed by atoms with Crippen LogP contribution >= 0.6 is 11.8 Å². The number of thioether (sulfide) groups is 1. The number of azide groups is 1. The van der Waals surface area contributed by atoms with Crippen LogP contribution in [0.3, 0.4) is 0 Å². The molecule has 3 aliphatic heterocycles. The monoisotopic (exact) mass is 1320 g/mol. The third-order valence-corrected chi connectivity index (χ3v) is 18.4. The average Bonchev–Trinajstić information content (AvgIpc) is 1.64. The molecular formula is C58H88N12O19S2. The number of aromatic amines is 1. The number of fused-ring (bicyclic) bond motifs is 5. The zero-order valence-corrected chi connectivity index (χ0v) is 53.5. The molecule has 5 rings (SSSR count). The first-order chi connectivity index (χ1) is 43.6. The maximum atomic E-state index is 15.3. The molecule has 3 aliphatic rings. The highest BCUT2D eigenvalue weighted by atomic mass is 32.2. The lowest BCUT2D eigenvalue weighted by molar-refractivity contribution is -0.144. The minimum absolute atomic E-state index is 0.0851. The van der Waals surface area contributed by atoms with Crippen LogP contribution in [0.4, 0.5) is 0 Å².